The highest BCUT2D eigenvalue weighted by Crippen LogP contribution is 2.36. The molecular weight excluding hydrogens is 354 g/mol. The number of hydrogen-bond acceptors (Lipinski definition) is 4. The van der Waals surface area contributed by atoms with E-state index in [0.29, 0.717) is 17.7 Å². The van der Waals surface area contributed by atoms with Crippen LogP contribution in [0.1, 0.15) is 70.6 Å². The van der Waals surface area contributed by atoms with Gasteiger partial charge >= 0.3 is 0 Å². The van der Waals surface area contributed by atoms with Crippen molar-refractivity contribution in [2.24, 2.45) is 0 Å². The van der Waals surface area contributed by atoms with E-state index in [-0.39, 0.29) is 29.8 Å². The van der Waals surface area contributed by atoms with Crippen molar-refractivity contribution in [3.05, 3.63) is 65.1 Å². The van der Waals surface area contributed by atoms with Crippen molar-refractivity contribution in [1.82, 2.24) is 15.8 Å². The van der Waals surface area contributed by atoms with E-state index in [1.807, 2.05) is 24.3 Å². The number of aromatic nitrogens is 1. The molecule has 2 atom stereocenters. The van der Waals surface area contributed by atoms with Gasteiger partial charge in [-0.1, -0.05) is 48.8 Å². The lowest BCUT2D eigenvalue weighted by Gasteiger charge is -2.23. The van der Waals surface area contributed by atoms with Gasteiger partial charge in [-0.25, -0.2) is 0 Å². The predicted molar refractivity (Wildman–Crippen MR) is 105 cm³/mol. The smallest absolute Gasteiger partial charge is 0.257 e. The van der Waals surface area contributed by atoms with E-state index in [1.54, 1.807) is 6.92 Å². The highest BCUT2D eigenvalue weighted by Gasteiger charge is 2.36. The highest BCUT2D eigenvalue weighted by atomic mass is 16.5. The molecule has 0 unspecified atom stereocenters. The van der Waals surface area contributed by atoms with Crippen LogP contribution in [0.3, 0.4) is 0 Å². The van der Waals surface area contributed by atoms with Crippen molar-refractivity contribution in [3.8, 4) is 0 Å². The molecule has 4 rings (SSSR count). The Morgan fingerprint density at radius 3 is 2.71 bits per heavy atom. The number of hydrogen-bond donors (Lipinski definition) is 2. The van der Waals surface area contributed by atoms with E-state index < -0.39 is 0 Å². The Kier molecular flexibility index (Phi) is 5.03. The topological polar surface area (TPSA) is 84.2 Å². The van der Waals surface area contributed by atoms with Crippen molar-refractivity contribution < 1.29 is 14.1 Å². The van der Waals surface area contributed by atoms with Crippen LogP contribution in [0.25, 0.3) is 0 Å². The van der Waals surface area contributed by atoms with Crippen molar-refractivity contribution in [3.63, 3.8) is 0 Å². The third-order valence-electron chi connectivity index (χ3n) is 5.89. The average Bonchev–Trinajstić information content (AvgIpc) is 3.41. The molecule has 1 aromatic heterocycles. The fraction of sp³-hybridized carbons (Fsp3) is 0.409. The van der Waals surface area contributed by atoms with Gasteiger partial charge in [0.25, 0.3) is 5.91 Å². The summed E-state index contributed by atoms with van der Waals surface area (Å²) in [7, 11) is 0. The van der Waals surface area contributed by atoms with Crippen LogP contribution in [-0.2, 0) is 11.2 Å². The number of benzene rings is 1. The quantitative estimate of drug-likeness (QED) is 0.781. The molecule has 2 aliphatic carbocycles. The number of rotatable bonds is 5. The standard InChI is InChI=1S/C22H25N3O3/c1-3-18(26)24-21-16-11-7-6-10-15(16)12-17(21)23-22(27)19-13(2)28-25-20(19)14-8-4-5-9-14/h3,6-7,10-11,14,17,21H,1,4-5,8-9,12H2,2H3,(H,23,27)(H,24,26)/t17-,21-/m1/s1. The van der Waals surface area contributed by atoms with E-state index >= 15 is 0 Å². The minimum atomic E-state index is -0.291. The summed E-state index contributed by atoms with van der Waals surface area (Å²) in [6, 6.07) is 7.41. The van der Waals surface area contributed by atoms with E-state index in [2.05, 4.69) is 22.4 Å². The maximum absolute atomic E-state index is 13.2. The van der Waals surface area contributed by atoms with Crippen LogP contribution >= 0.6 is 0 Å². The first-order valence-electron chi connectivity index (χ1n) is 9.86. The van der Waals surface area contributed by atoms with Crippen molar-refractivity contribution in [1.29, 1.82) is 0 Å². The SMILES string of the molecule is C=CC(=O)N[C@@H]1c2ccccc2C[C@H]1NC(=O)c1c(C2CCCC2)noc1C. The summed E-state index contributed by atoms with van der Waals surface area (Å²) in [4.78, 5) is 25.1. The van der Waals surface area contributed by atoms with Crippen molar-refractivity contribution in [2.75, 3.05) is 0 Å². The van der Waals surface area contributed by atoms with Crippen LogP contribution in [0.15, 0.2) is 41.4 Å². The second-order valence-corrected chi connectivity index (χ2v) is 7.65. The normalized spacial score (nSPS) is 21.3. The van der Waals surface area contributed by atoms with Gasteiger partial charge in [-0.15, -0.1) is 0 Å². The molecule has 1 aromatic carbocycles. The average molecular weight is 379 g/mol. The van der Waals surface area contributed by atoms with E-state index in [4.69, 9.17) is 4.52 Å². The Labute approximate surface area is 164 Å². The lowest BCUT2D eigenvalue weighted by atomic mass is 9.98. The van der Waals surface area contributed by atoms with Crippen LogP contribution < -0.4 is 10.6 Å². The van der Waals surface area contributed by atoms with E-state index in [9.17, 15) is 9.59 Å². The third kappa shape index (κ3) is 3.35. The van der Waals surface area contributed by atoms with Gasteiger partial charge in [-0.2, -0.15) is 0 Å². The number of fused-ring (bicyclic) bond motifs is 1. The van der Waals surface area contributed by atoms with Crippen LogP contribution in [-0.4, -0.2) is 23.0 Å². The molecule has 1 fully saturated rings. The molecule has 6 heteroatoms. The Bertz CT molecular complexity index is 912. The molecule has 0 bridgehead atoms. The monoisotopic (exact) mass is 379 g/mol. The molecule has 2 aromatic rings. The first-order chi connectivity index (χ1) is 13.6. The summed E-state index contributed by atoms with van der Waals surface area (Å²) < 4.78 is 5.37. The number of nitrogens with zero attached hydrogens (tertiary/aromatic N) is 1. The van der Waals surface area contributed by atoms with Gasteiger partial charge in [0.1, 0.15) is 11.3 Å². The molecule has 0 spiro atoms. The second kappa shape index (κ2) is 7.62. The van der Waals surface area contributed by atoms with Gasteiger partial charge in [0.2, 0.25) is 5.91 Å². The van der Waals surface area contributed by atoms with Crippen LogP contribution in [0.5, 0.6) is 0 Å². The summed E-state index contributed by atoms with van der Waals surface area (Å²) >= 11 is 0. The Hall–Kier alpha value is -2.89. The number of amides is 2. The van der Waals surface area contributed by atoms with E-state index in [0.717, 1.165) is 42.5 Å². The Morgan fingerprint density at radius 1 is 1.21 bits per heavy atom. The number of nitrogens with one attached hydrogen (secondary N) is 2. The minimum absolute atomic E-state index is 0.184. The van der Waals surface area contributed by atoms with Gasteiger partial charge in [0, 0.05) is 5.92 Å². The molecule has 0 saturated heterocycles. The molecule has 0 radical (unpaired) electrons. The predicted octanol–water partition coefficient (Wildman–Crippen LogP) is 3.34. The van der Waals surface area contributed by atoms with Gasteiger partial charge < -0.3 is 15.2 Å². The molecule has 28 heavy (non-hydrogen) atoms. The van der Waals surface area contributed by atoms with Gasteiger partial charge in [0.05, 0.1) is 17.8 Å². The molecular formula is C22H25N3O3. The maximum atomic E-state index is 13.2. The summed E-state index contributed by atoms with van der Waals surface area (Å²) in [6.45, 7) is 5.31. The van der Waals surface area contributed by atoms with Crippen LogP contribution in [0, 0.1) is 6.92 Å². The van der Waals surface area contributed by atoms with Gasteiger partial charge in [-0.3, -0.25) is 9.59 Å². The van der Waals surface area contributed by atoms with Crippen LogP contribution in [0.4, 0.5) is 0 Å². The first kappa shape index (κ1) is 18.5. The summed E-state index contributed by atoms with van der Waals surface area (Å²) in [5, 5.41) is 10.3. The first-order valence-corrected chi connectivity index (χ1v) is 9.86. The zero-order valence-corrected chi connectivity index (χ0v) is 16.0. The molecule has 2 aliphatic rings. The summed E-state index contributed by atoms with van der Waals surface area (Å²) in [6.07, 6.45) is 6.31. The fourth-order valence-electron chi connectivity index (χ4n) is 4.50. The molecule has 146 valence electrons. The zero-order chi connectivity index (χ0) is 19.7. The van der Waals surface area contributed by atoms with Gasteiger partial charge in [0.15, 0.2) is 0 Å². The number of aryl methyl sites for hydroxylation is 1. The van der Waals surface area contributed by atoms with Crippen LogP contribution in [0.2, 0.25) is 0 Å². The lowest BCUT2D eigenvalue weighted by Crippen LogP contribution is -2.44. The van der Waals surface area contributed by atoms with Crippen molar-refractivity contribution in [2.45, 2.75) is 57.0 Å². The third-order valence-corrected chi connectivity index (χ3v) is 5.89. The Morgan fingerprint density at radius 2 is 1.96 bits per heavy atom. The molecule has 1 heterocycles. The lowest BCUT2D eigenvalue weighted by molar-refractivity contribution is -0.117. The highest BCUT2D eigenvalue weighted by molar-refractivity contribution is 5.96. The molecule has 1 saturated carbocycles. The van der Waals surface area contributed by atoms with Crippen molar-refractivity contribution >= 4 is 11.8 Å². The maximum Gasteiger partial charge on any atom is 0.257 e. The van der Waals surface area contributed by atoms with E-state index in [1.165, 1.54) is 6.08 Å². The largest absolute Gasteiger partial charge is 0.361 e. The number of carbonyl (C=O) groups excluding carboxylic acids is 2. The second-order valence-electron chi connectivity index (χ2n) is 7.65. The zero-order valence-electron chi connectivity index (χ0n) is 16.0. The molecule has 6 nitrogen and oxygen atoms in total. The Balaban J connectivity index is 1.58. The summed E-state index contributed by atoms with van der Waals surface area (Å²) in [5.41, 5.74) is 3.48. The van der Waals surface area contributed by atoms with Gasteiger partial charge in [-0.05, 0) is 43.4 Å². The number of carbonyl (C=O) groups is 2. The molecule has 2 amide bonds. The summed E-state index contributed by atoms with van der Waals surface area (Å²) in [5.74, 6) is 0.391. The molecule has 2 N–H and O–H groups in total. The minimum Gasteiger partial charge on any atom is -0.361 e. The molecule has 0 aliphatic heterocycles. The fourth-order valence-corrected chi connectivity index (χ4v) is 4.50.